The number of anilines is 1. The molecule has 0 spiro atoms. The minimum atomic E-state index is -0.171. The summed E-state index contributed by atoms with van der Waals surface area (Å²) in [7, 11) is 1.64. The molecule has 3 aromatic rings. The van der Waals surface area contributed by atoms with Crippen molar-refractivity contribution in [3.05, 3.63) is 94.2 Å². The first kappa shape index (κ1) is 23.5. The molecule has 0 aliphatic carbocycles. The number of para-hydroxylation sites is 1. The molecule has 0 atom stereocenters. The van der Waals surface area contributed by atoms with E-state index in [1.807, 2.05) is 67.6 Å². The summed E-state index contributed by atoms with van der Waals surface area (Å²) in [6.45, 7) is 6.52. The fourth-order valence-corrected chi connectivity index (χ4v) is 4.28. The summed E-state index contributed by atoms with van der Waals surface area (Å²) < 4.78 is 11.6. The van der Waals surface area contributed by atoms with Crippen LogP contribution in [-0.4, -0.2) is 18.1 Å². The number of amides is 1. The van der Waals surface area contributed by atoms with E-state index in [-0.39, 0.29) is 5.91 Å². The molecule has 1 amide bonds. The van der Waals surface area contributed by atoms with Crippen molar-refractivity contribution in [1.29, 1.82) is 0 Å². The number of carbonyl (C=O) groups excluding carboxylic acids is 1. The molecule has 174 valence electrons. The molecular formula is C28H28N2O3S. The molecule has 1 saturated heterocycles. The summed E-state index contributed by atoms with van der Waals surface area (Å²) in [5.41, 5.74) is 6.34. The minimum Gasteiger partial charge on any atom is -0.496 e. The van der Waals surface area contributed by atoms with E-state index in [1.54, 1.807) is 12.0 Å². The van der Waals surface area contributed by atoms with Gasteiger partial charge in [0.2, 0.25) is 0 Å². The molecule has 0 saturated carbocycles. The first-order chi connectivity index (χ1) is 16.4. The largest absolute Gasteiger partial charge is 0.496 e. The van der Waals surface area contributed by atoms with Crippen molar-refractivity contribution in [2.24, 2.45) is 0 Å². The van der Waals surface area contributed by atoms with Gasteiger partial charge in [-0.2, -0.15) is 0 Å². The number of carbonyl (C=O) groups is 1. The molecule has 1 fully saturated rings. The number of methoxy groups -OCH3 is 1. The average molecular weight is 473 g/mol. The number of benzene rings is 3. The fraction of sp³-hybridized carbons (Fsp3) is 0.214. The van der Waals surface area contributed by atoms with Crippen molar-refractivity contribution in [3.63, 3.8) is 0 Å². The highest BCUT2D eigenvalue weighted by Gasteiger charge is 2.33. The predicted molar refractivity (Wildman–Crippen MR) is 140 cm³/mol. The second kappa shape index (κ2) is 10.1. The van der Waals surface area contributed by atoms with Crippen LogP contribution in [0.5, 0.6) is 11.5 Å². The van der Waals surface area contributed by atoms with E-state index in [1.165, 1.54) is 5.56 Å². The molecular weight excluding hydrogens is 444 g/mol. The van der Waals surface area contributed by atoms with Gasteiger partial charge in [0, 0.05) is 5.56 Å². The van der Waals surface area contributed by atoms with Gasteiger partial charge in [-0.25, -0.2) is 0 Å². The summed E-state index contributed by atoms with van der Waals surface area (Å²) in [6, 6.07) is 19.6. The smallest absolute Gasteiger partial charge is 0.281 e. The van der Waals surface area contributed by atoms with Crippen LogP contribution in [0.3, 0.4) is 0 Å². The van der Waals surface area contributed by atoms with Crippen LogP contribution in [0.25, 0.3) is 6.08 Å². The van der Waals surface area contributed by atoms with Crippen molar-refractivity contribution in [3.8, 4) is 11.5 Å². The molecule has 1 N–H and O–H groups in total. The lowest BCUT2D eigenvalue weighted by atomic mass is 10.1. The standard InChI is InChI=1S/C28H28N2O3S/c1-5-21-10-6-7-11-24(21)30-27(31)23(29-28(30)34)16-20-13-14-26(32-4)22(15-20)17-33-25-12-8-9-18(2)19(25)3/h6-16H,5,17H2,1-4H3,(H,29,34)/b23-16+. The van der Waals surface area contributed by atoms with Gasteiger partial charge in [-0.15, -0.1) is 0 Å². The molecule has 6 heteroatoms. The van der Waals surface area contributed by atoms with Gasteiger partial charge < -0.3 is 14.8 Å². The van der Waals surface area contributed by atoms with Gasteiger partial charge in [-0.1, -0.05) is 43.3 Å². The van der Waals surface area contributed by atoms with E-state index in [0.717, 1.165) is 45.9 Å². The first-order valence-electron chi connectivity index (χ1n) is 11.2. The Hall–Kier alpha value is -3.64. The van der Waals surface area contributed by atoms with Crippen LogP contribution in [0, 0.1) is 13.8 Å². The van der Waals surface area contributed by atoms with Gasteiger partial charge in [-0.3, -0.25) is 9.69 Å². The van der Waals surface area contributed by atoms with Crippen LogP contribution in [0.4, 0.5) is 5.69 Å². The van der Waals surface area contributed by atoms with E-state index in [9.17, 15) is 4.79 Å². The number of aryl methyl sites for hydroxylation is 2. The van der Waals surface area contributed by atoms with Crippen molar-refractivity contribution in [1.82, 2.24) is 5.32 Å². The highest BCUT2D eigenvalue weighted by atomic mass is 32.1. The van der Waals surface area contributed by atoms with Gasteiger partial charge in [0.25, 0.3) is 5.91 Å². The monoisotopic (exact) mass is 472 g/mol. The molecule has 0 radical (unpaired) electrons. The summed E-state index contributed by atoms with van der Waals surface area (Å²) in [5, 5.41) is 3.46. The topological polar surface area (TPSA) is 50.8 Å². The molecule has 1 aliphatic rings. The van der Waals surface area contributed by atoms with Crippen LogP contribution >= 0.6 is 12.2 Å². The number of nitrogens with zero attached hydrogens (tertiary/aromatic N) is 1. The highest BCUT2D eigenvalue weighted by molar-refractivity contribution is 7.80. The maximum Gasteiger partial charge on any atom is 0.281 e. The Labute approximate surface area is 206 Å². The zero-order valence-electron chi connectivity index (χ0n) is 19.8. The predicted octanol–water partition coefficient (Wildman–Crippen LogP) is 5.72. The van der Waals surface area contributed by atoms with Crippen molar-refractivity contribution in [2.75, 3.05) is 12.0 Å². The molecule has 0 unspecified atom stereocenters. The van der Waals surface area contributed by atoms with Gasteiger partial charge >= 0.3 is 0 Å². The third-order valence-corrected chi connectivity index (χ3v) is 6.33. The maximum absolute atomic E-state index is 13.2. The number of ether oxygens (including phenoxy) is 2. The molecule has 4 rings (SSSR count). The maximum atomic E-state index is 13.2. The quantitative estimate of drug-likeness (QED) is 0.352. The Balaban J connectivity index is 1.60. The number of thiocarbonyl (C=S) groups is 1. The van der Waals surface area contributed by atoms with Crippen LogP contribution in [0.1, 0.15) is 34.7 Å². The third-order valence-electron chi connectivity index (χ3n) is 6.05. The SMILES string of the molecule is CCc1ccccc1N1C(=O)/C(=C\c2ccc(OC)c(COc3cccc(C)c3C)c2)NC1=S. The highest BCUT2D eigenvalue weighted by Crippen LogP contribution is 2.29. The lowest BCUT2D eigenvalue weighted by Gasteiger charge is -2.17. The van der Waals surface area contributed by atoms with Crippen molar-refractivity contribution >= 4 is 35.0 Å². The number of hydrogen-bond donors (Lipinski definition) is 1. The Morgan fingerprint density at radius 2 is 1.79 bits per heavy atom. The molecule has 1 heterocycles. The minimum absolute atomic E-state index is 0.171. The lowest BCUT2D eigenvalue weighted by Crippen LogP contribution is -2.31. The Kier molecular flexibility index (Phi) is 6.98. The number of hydrogen-bond acceptors (Lipinski definition) is 4. The molecule has 3 aromatic carbocycles. The normalized spacial score (nSPS) is 14.5. The molecule has 0 bridgehead atoms. The Bertz CT molecular complexity index is 1280. The summed E-state index contributed by atoms with van der Waals surface area (Å²) in [5.74, 6) is 1.40. The van der Waals surface area contributed by atoms with Crippen LogP contribution in [0.15, 0.2) is 66.4 Å². The number of nitrogens with one attached hydrogen (secondary N) is 1. The van der Waals surface area contributed by atoms with Gasteiger partial charge in [0.1, 0.15) is 23.8 Å². The fourth-order valence-electron chi connectivity index (χ4n) is 3.99. The first-order valence-corrected chi connectivity index (χ1v) is 11.6. The molecule has 5 nitrogen and oxygen atoms in total. The van der Waals surface area contributed by atoms with E-state index in [0.29, 0.717) is 17.4 Å². The van der Waals surface area contributed by atoms with Crippen molar-refractivity contribution in [2.45, 2.75) is 33.8 Å². The molecule has 1 aliphatic heterocycles. The lowest BCUT2D eigenvalue weighted by molar-refractivity contribution is -0.113. The summed E-state index contributed by atoms with van der Waals surface area (Å²) >= 11 is 5.50. The van der Waals surface area contributed by atoms with Gasteiger partial charge in [0.15, 0.2) is 5.11 Å². The van der Waals surface area contributed by atoms with Crippen LogP contribution in [0.2, 0.25) is 0 Å². The third kappa shape index (κ3) is 4.68. The van der Waals surface area contributed by atoms with Gasteiger partial charge in [-0.05, 0) is 85.1 Å². The summed E-state index contributed by atoms with van der Waals surface area (Å²) in [6.07, 6.45) is 2.62. The molecule has 34 heavy (non-hydrogen) atoms. The van der Waals surface area contributed by atoms with Gasteiger partial charge in [0.05, 0.1) is 12.8 Å². The zero-order valence-corrected chi connectivity index (χ0v) is 20.7. The summed E-state index contributed by atoms with van der Waals surface area (Å²) in [4.78, 5) is 14.8. The zero-order chi connectivity index (χ0) is 24.2. The molecule has 0 aromatic heterocycles. The second-order valence-corrected chi connectivity index (χ2v) is 8.56. The van der Waals surface area contributed by atoms with E-state index >= 15 is 0 Å². The Morgan fingerprint density at radius 1 is 1.00 bits per heavy atom. The number of rotatable bonds is 7. The van der Waals surface area contributed by atoms with Crippen LogP contribution in [-0.2, 0) is 17.8 Å². The van der Waals surface area contributed by atoms with E-state index < -0.39 is 0 Å². The van der Waals surface area contributed by atoms with Crippen molar-refractivity contribution < 1.29 is 14.3 Å². The Morgan fingerprint density at radius 3 is 2.56 bits per heavy atom. The second-order valence-electron chi connectivity index (χ2n) is 8.17. The van der Waals surface area contributed by atoms with E-state index in [2.05, 4.69) is 25.2 Å². The average Bonchev–Trinajstić information content (AvgIpc) is 3.12. The van der Waals surface area contributed by atoms with Crippen LogP contribution < -0.4 is 19.7 Å². The van der Waals surface area contributed by atoms with E-state index in [4.69, 9.17) is 21.7 Å².